The SMILES string of the molecule is CCc1ccc(S(=O)(=O)N2CCCCC(c3ccc(Cl)cc3)C2)cc1. The Morgan fingerprint density at radius 1 is 1.04 bits per heavy atom. The van der Waals surface area contributed by atoms with Crippen LogP contribution in [0.1, 0.15) is 43.2 Å². The maximum Gasteiger partial charge on any atom is 0.243 e. The number of hydrogen-bond donors (Lipinski definition) is 0. The fourth-order valence-electron chi connectivity index (χ4n) is 3.38. The summed E-state index contributed by atoms with van der Waals surface area (Å²) < 4.78 is 27.8. The minimum Gasteiger partial charge on any atom is -0.207 e. The molecule has 0 radical (unpaired) electrons. The van der Waals surface area contributed by atoms with E-state index in [1.54, 1.807) is 16.4 Å². The summed E-state index contributed by atoms with van der Waals surface area (Å²) in [6, 6.07) is 15.1. The number of benzene rings is 2. The van der Waals surface area contributed by atoms with Crippen LogP contribution >= 0.6 is 11.6 Å². The molecule has 1 aliphatic rings. The number of rotatable bonds is 4. The molecule has 5 heteroatoms. The lowest BCUT2D eigenvalue weighted by molar-refractivity contribution is 0.406. The van der Waals surface area contributed by atoms with Crippen molar-refractivity contribution in [1.29, 1.82) is 0 Å². The van der Waals surface area contributed by atoms with Crippen molar-refractivity contribution in [2.45, 2.75) is 43.4 Å². The van der Waals surface area contributed by atoms with Crippen LogP contribution in [-0.4, -0.2) is 25.8 Å². The van der Waals surface area contributed by atoms with Gasteiger partial charge in [0, 0.05) is 18.1 Å². The summed E-state index contributed by atoms with van der Waals surface area (Å²) in [5, 5.41) is 0.706. The highest BCUT2D eigenvalue weighted by molar-refractivity contribution is 7.89. The highest BCUT2D eigenvalue weighted by Crippen LogP contribution is 2.30. The lowest BCUT2D eigenvalue weighted by Gasteiger charge is -2.24. The molecule has 1 heterocycles. The van der Waals surface area contributed by atoms with Gasteiger partial charge < -0.3 is 0 Å². The van der Waals surface area contributed by atoms with Gasteiger partial charge in [0.1, 0.15) is 0 Å². The van der Waals surface area contributed by atoms with E-state index in [9.17, 15) is 8.42 Å². The second-order valence-corrected chi connectivity index (χ2v) is 8.98. The molecule has 1 saturated heterocycles. The summed E-state index contributed by atoms with van der Waals surface area (Å²) in [4.78, 5) is 0.390. The Balaban J connectivity index is 1.85. The van der Waals surface area contributed by atoms with Crippen LogP contribution in [-0.2, 0) is 16.4 Å². The van der Waals surface area contributed by atoms with Crippen molar-refractivity contribution >= 4 is 21.6 Å². The number of halogens is 1. The molecule has 1 aliphatic heterocycles. The lowest BCUT2D eigenvalue weighted by Crippen LogP contribution is -2.34. The van der Waals surface area contributed by atoms with Crippen molar-refractivity contribution < 1.29 is 8.42 Å². The third kappa shape index (κ3) is 4.25. The minimum atomic E-state index is -3.45. The van der Waals surface area contributed by atoms with Gasteiger partial charge in [-0.25, -0.2) is 8.42 Å². The Hall–Kier alpha value is -1.36. The Morgan fingerprint density at radius 3 is 2.36 bits per heavy atom. The largest absolute Gasteiger partial charge is 0.243 e. The number of sulfonamides is 1. The fourth-order valence-corrected chi connectivity index (χ4v) is 5.03. The van der Waals surface area contributed by atoms with E-state index in [0.717, 1.165) is 36.8 Å². The molecule has 3 rings (SSSR count). The van der Waals surface area contributed by atoms with Crippen LogP contribution in [0.15, 0.2) is 53.4 Å². The molecule has 2 aromatic carbocycles. The van der Waals surface area contributed by atoms with E-state index >= 15 is 0 Å². The Bertz CT molecular complexity index is 801. The fraction of sp³-hybridized carbons (Fsp3) is 0.400. The highest BCUT2D eigenvalue weighted by atomic mass is 35.5. The van der Waals surface area contributed by atoms with E-state index in [4.69, 9.17) is 11.6 Å². The van der Waals surface area contributed by atoms with Gasteiger partial charge >= 0.3 is 0 Å². The van der Waals surface area contributed by atoms with E-state index < -0.39 is 10.0 Å². The van der Waals surface area contributed by atoms with Gasteiger partial charge in [-0.2, -0.15) is 4.31 Å². The molecular formula is C20H24ClNO2S. The molecule has 0 amide bonds. The summed E-state index contributed by atoms with van der Waals surface area (Å²) in [5.74, 6) is 0.212. The second-order valence-electron chi connectivity index (χ2n) is 6.60. The maximum absolute atomic E-state index is 13.1. The molecule has 0 saturated carbocycles. The van der Waals surface area contributed by atoms with Gasteiger partial charge in [0.25, 0.3) is 0 Å². The summed E-state index contributed by atoms with van der Waals surface area (Å²) in [5.41, 5.74) is 2.31. The summed E-state index contributed by atoms with van der Waals surface area (Å²) in [6.07, 6.45) is 3.84. The first-order chi connectivity index (χ1) is 12.0. The van der Waals surface area contributed by atoms with Gasteiger partial charge in [-0.1, -0.05) is 49.2 Å². The van der Waals surface area contributed by atoms with Crippen LogP contribution < -0.4 is 0 Å². The molecule has 3 nitrogen and oxygen atoms in total. The normalized spacial score (nSPS) is 19.5. The zero-order chi connectivity index (χ0) is 17.9. The predicted molar refractivity (Wildman–Crippen MR) is 103 cm³/mol. The molecule has 25 heavy (non-hydrogen) atoms. The molecule has 1 atom stereocenters. The van der Waals surface area contributed by atoms with E-state index in [2.05, 4.69) is 6.92 Å². The van der Waals surface area contributed by atoms with Gasteiger partial charge in [-0.05, 0) is 60.6 Å². The third-order valence-corrected chi connectivity index (χ3v) is 7.08. The van der Waals surface area contributed by atoms with Crippen LogP contribution in [0.5, 0.6) is 0 Å². The molecule has 0 aromatic heterocycles. The van der Waals surface area contributed by atoms with Gasteiger partial charge in [0.15, 0.2) is 0 Å². The molecule has 0 aliphatic carbocycles. The van der Waals surface area contributed by atoms with E-state index in [1.807, 2.05) is 36.4 Å². The maximum atomic E-state index is 13.1. The Morgan fingerprint density at radius 2 is 1.72 bits per heavy atom. The number of nitrogens with zero attached hydrogens (tertiary/aromatic N) is 1. The first kappa shape index (κ1) is 18.4. The molecule has 0 bridgehead atoms. The van der Waals surface area contributed by atoms with Gasteiger partial charge in [-0.3, -0.25) is 0 Å². The van der Waals surface area contributed by atoms with Gasteiger partial charge in [-0.15, -0.1) is 0 Å². The van der Waals surface area contributed by atoms with Crippen molar-refractivity contribution in [2.24, 2.45) is 0 Å². The average molecular weight is 378 g/mol. The van der Waals surface area contributed by atoms with Crippen LogP contribution in [0, 0.1) is 0 Å². The summed E-state index contributed by atoms with van der Waals surface area (Å²) >= 11 is 5.98. The van der Waals surface area contributed by atoms with E-state index in [-0.39, 0.29) is 5.92 Å². The standard InChI is InChI=1S/C20H24ClNO2S/c1-2-16-6-12-20(13-7-16)25(23,24)22-14-4-3-5-18(15-22)17-8-10-19(21)11-9-17/h6-13,18H,2-5,14-15H2,1H3. The molecule has 1 fully saturated rings. The zero-order valence-electron chi connectivity index (χ0n) is 14.5. The van der Waals surface area contributed by atoms with Gasteiger partial charge in [0.2, 0.25) is 10.0 Å². The molecule has 0 N–H and O–H groups in total. The van der Waals surface area contributed by atoms with Crippen molar-refractivity contribution in [2.75, 3.05) is 13.1 Å². The van der Waals surface area contributed by atoms with Gasteiger partial charge in [0.05, 0.1) is 4.90 Å². The summed E-state index contributed by atoms with van der Waals surface area (Å²) in [6.45, 7) is 3.18. The summed E-state index contributed by atoms with van der Waals surface area (Å²) in [7, 11) is -3.45. The topological polar surface area (TPSA) is 37.4 Å². The van der Waals surface area contributed by atoms with Crippen molar-refractivity contribution in [3.8, 4) is 0 Å². The molecule has 2 aromatic rings. The second kappa shape index (κ2) is 7.90. The van der Waals surface area contributed by atoms with Crippen LogP contribution in [0.25, 0.3) is 0 Å². The van der Waals surface area contributed by atoms with Crippen molar-refractivity contribution in [3.63, 3.8) is 0 Å². The van der Waals surface area contributed by atoms with Crippen LogP contribution in [0.3, 0.4) is 0 Å². The quantitative estimate of drug-likeness (QED) is 0.762. The lowest BCUT2D eigenvalue weighted by atomic mass is 9.95. The minimum absolute atomic E-state index is 0.212. The third-order valence-electron chi connectivity index (χ3n) is 4.94. The molecule has 134 valence electrons. The van der Waals surface area contributed by atoms with Crippen molar-refractivity contribution in [3.05, 3.63) is 64.7 Å². The average Bonchev–Trinajstić information content (AvgIpc) is 2.89. The van der Waals surface area contributed by atoms with Crippen LogP contribution in [0.2, 0.25) is 5.02 Å². The van der Waals surface area contributed by atoms with E-state index in [0.29, 0.717) is 23.0 Å². The smallest absolute Gasteiger partial charge is 0.207 e. The Labute approximate surface area is 155 Å². The number of aryl methyl sites for hydroxylation is 1. The monoisotopic (exact) mass is 377 g/mol. The predicted octanol–water partition coefficient (Wildman–Crippen LogP) is 4.86. The van der Waals surface area contributed by atoms with Crippen molar-refractivity contribution in [1.82, 2.24) is 4.31 Å². The number of hydrogen-bond acceptors (Lipinski definition) is 2. The molecular weight excluding hydrogens is 354 g/mol. The highest BCUT2D eigenvalue weighted by Gasteiger charge is 2.29. The Kier molecular flexibility index (Phi) is 5.82. The molecule has 0 spiro atoms. The first-order valence-electron chi connectivity index (χ1n) is 8.85. The first-order valence-corrected chi connectivity index (χ1v) is 10.7. The van der Waals surface area contributed by atoms with E-state index in [1.165, 1.54) is 0 Å². The van der Waals surface area contributed by atoms with Crippen LogP contribution in [0.4, 0.5) is 0 Å². The zero-order valence-corrected chi connectivity index (χ0v) is 16.1. The molecule has 1 unspecified atom stereocenters.